The van der Waals surface area contributed by atoms with Gasteiger partial charge in [0.05, 0.1) is 11.9 Å². The summed E-state index contributed by atoms with van der Waals surface area (Å²) in [6.07, 6.45) is 3.42. The van der Waals surface area contributed by atoms with E-state index in [1.807, 2.05) is 36.5 Å². The molecule has 0 aliphatic carbocycles. The highest BCUT2D eigenvalue weighted by atomic mass is 32.1. The molecule has 0 fully saturated rings. The van der Waals surface area contributed by atoms with Gasteiger partial charge in [-0.1, -0.05) is 47.7 Å². The Morgan fingerprint density at radius 1 is 1.09 bits per heavy atom. The molecule has 4 aromatic rings. The number of fused-ring (bicyclic) bond motifs is 1. The number of carbonyl (C=O) groups is 1. The molecular formula is C16H11N5OS. The third-order valence-electron chi connectivity index (χ3n) is 3.23. The van der Waals surface area contributed by atoms with Gasteiger partial charge < -0.3 is 0 Å². The molecule has 1 N–H and O–H groups in total. The van der Waals surface area contributed by atoms with Gasteiger partial charge in [0, 0.05) is 11.8 Å². The summed E-state index contributed by atoms with van der Waals surface area (Å²) in [6, 6.07) is 15.1. The molecule has 1 aromatic carbocycles. The van der Waals surface area contributed by atoms with Gasteiger partial charge in [-0.3, -0.25) is 15.1 Å². The highest BCUT2D eigenvalue weighted by molar-refractivity contribution is 7.20. The third-order valence-corrected chi connectivity index (χ3v) is 4.07. The molecule has 0 aliphatic rings. The van der Waals surface area contributed by atoms with Gasteiger partial charge in [-0.05, 0) is 12.1 Å². The maximum Gasteiger partial charge on any atom is 0.276 e. The van der Waals surface area contributed by atoms with E-state index in [-0.39, 0.29) is 5.91 Å². The summed E-state index contributed by atoms with van der Waals surface area (Å²) < 4.78 is 1.67. The van der Waals surface area contributed by atoms with Crippen LogP contribution in [0.25, 0.3) is 16.2 Å². The molecule has 0 radical (unpaired) electrons. The van der Waals surface area contributed by atoms with Gasteiger partial charge in [0.1, 0.15) is 5.69 Å². The zero-order valence-electron chi connectivity index (χ0n) is 11.9. The van der Waals surface area contributed by atoms with E-state index < -0.39 is 0 Å². The van der Waals surface area contributed by atoms with Crippen molar-refractivity contribution in [1.82, 2.24) is 19.6 Å². The lowest BCUT2D eigenvalue weighted by molar-refractivity contribution is 0.102. The fourth-order valence-electron chi connectivity index (χ4n) is 2.16. The third kappa shape index (κ3) is 2.69. The lowest BCUT2D eigenvalue weighted by Gasteiger charge is -1.99. The Morgan fingerprint density at radius 3 is 2.65 bits per heavy atom. The van der Waals surface area contributed by atoms with Gasteiger partial charge in [-0.25, -0.2) is 9.50 Å². The second-order valence-electron chi connectivity index (χ2n) is 4.80. The van der Waals surface area contributed by atoms with E-state index in [0.29, 0.717) is 10.8 Å². The number of aromatic nitrogens is 4. The first-order valence-electron chi connectivity index (χ1n) is 6.93. The number of nitrogens with one attached hydrogen (secondary N) is 1. The van der Waals surface area contributed by atoms with Gasteiger partial charge in [0.15, 0.2) is 0 Å². The number of pyridine rings is 1. The van der Waals surface area contributed by atoms with Crippen LogP contribution >= 0.6 is 11.3 Å². The van der Waals surface area contributed by atoms with Crippen LogP contribution in [0.1, 0.15) is 10.5 Å². The molecule has 0 bridgehead atoms. The minimum Gasteiger partial charge on any atom is -0.295 e. The number of carbonyl (C=O) groups excluding carboxylic acids is 1. The molecular weight excluding hydrogens is 310 g/mol. The zero-order chi connectivity index (χ0) is 15.6. The van der Waals surface area contributed by atoms with E-state index in [0.717, 1.165) is 16.2 Å². The zero-order valence-corrected chi connectivity index (χ0v) is 12.7. The molecule has 0 spiro atoms. The Labute approximate surface area is 135 Å². The summed E-state index contributed by atoms with van der Waals surface area (Å²) in [5.74, 6) is -0.286. The predicted octanol–water partition coefficient (Wildman–Crippen LogP) is 3.11. The molecule has 3 aromatic heterocycles. The number of anilines is 1. The number of amides is 1. The average molecular weight is 321 g/mol. The number of nitrogens with zero attached hydrogens (tertiary/aromatic N) is 4. The van der Waals surface area contributed by atoms with E-state index in [1.54, 1.807) is 28.9 Å². The van der Waals surface area contributed by atoms with Crippen molar-refractivity contribution in [2.24, 2.45) is 0 Å². The van der Waals surface area contributed by atoms with Gasteiger partial charge in [-0.2, -0.15) is 0 Å². The molecule has 7 heteroatoms. The van der Waals surface area contributed by atoms with Gasteiger partial charge >= 0.3 is 0 Å². The Hall–Kier alpha value is -3.06. The molecule has 0 atom stereocenters. The summed E-state index contributed by atoms with van der Waals surface area (Å²) >= 11 is 1.32. The first-order valence-corrected chi connectivity index (χ1v) is 7.75. The first kappa shape index (κ1) is 13.6. The fraction of sp³-hybridized carbons (Fsp3) is 0. The maximum absolute atomic E-state index is 12.1. The van der Waals surface area contributed by atoms with Crippen molar-refractivity contribution in [3.8, 4) is 11.3 Å². The summed E-state index contributed by atoms with van der Waals surface area (Å²) in [5.41, 5.74) is 2.24. The fourth-order valence-corrected chi connectivity index (χ4v) is 2.93. The van der Waals surface area contributed by atoms with Gasteiger partial charge in [0.2, 0.25) is 10.1 Å². The van der Waals surface area contributed by atoms with Crippen LogP contribution in [0.2, 0.25) is 0 Å². The summed E-state index contributed by atoms with van der Waals surface area (Å²) in [5, 5.41) is 7.56. The minimum absolute atomic E-state index is 0.286. The van der Waals surface area contributed by atoms with E-state index in [9.17, 15) is 4.79 Å². The van der Waals surface area contributed by atoms with Gasteiger partial charge in [-0.15, -0.1) is 5.10 Å². The lowest BCUT2D eigenvalue weighted by atomic mass is 10.2. The van der Waals surface area contributed by atoms with Crippen LogP contribution in [0.15, 0.2) is 60.9 Å². The van der Waals surface area contributed by atoms with Crippen LogP contribution in [-0.2, 0) is 0 Å². The van der Waals surface area contributed by atoms with Crippen LogP contribution in [0, 0.1) is 0 Å². The molecule has 112 valence electrons. The molecule has 0 aliphatic heterocycles. The second kappa shape index (κ2) is 5.62. The molecule has 6 nitrogen and oxygen atoms in total. The standard InChI is InChI=1S/C16H11N5OS/c22-14(12-8-4-5-9-17-12)19-15-20-21-10-13(18-16(21)23-15)11-6-2-1-3-7-11/h1-10H,(H,19,20,22). The summed E-state index contributed by atoms with van der Waals surface area (Å²) in [7, 11) is 0. The molecule has 0 unspecified atom stereocenters. The summed E-state index contributed by atoms with van der Waals surface area (Å²) in [6.45, 7) is 0. The van der Waals surface area contributed by atoms with E-state index >= 15 is 0 Å². The first-order chi connectivity index (χ1) is 11.3. The quantitative estimate of drug-likeness (QED) is 0.629. The van der Waals surface area contributed by atoms with Crippen molar-refractivity contribution in [3.05, 3.63) is 66.6 Å². The minimum atomic E-state index is -0.286. The van der Waals surface area contributed by atoms with E-state index in [1.165, 1.54) is 11.3 Å². The van der Waals surface area contributed by atoms with Crippen molar-refractivity contribution < 1.29 is 4.79 Å². The van der Waals surface area contributed by atoms with Crippen LogP contribution in [0.4, 0.5) is 5.13 Å². The number of hydrogen-bond acceptors (Lipinski definition) is 5. The maximum atomic E-state index is 12.1. The average Bonchev–Trinajstić information content (AvgIpc) is 3.15. The number of benzene rings is 1. The van der Waals surface area contributed by atoms with Crippen molar-refractivity contribution in [1.29, 1.82) is 0 Å². The van der Waals surface area contributed by atoms with Crippen LogP contribution in [0.5, 0.6) is 0 Å². The van der Waals surface area contributed by atoms with Crippen molar-refractivity contribution >= 4 is 27.3 Å². The molecule has 23 heavy (non-hydrogen) atoms. The van der Waals surface area contributed by atoms with Crippen LogP contribution < -0.4 is 5.32 Å². The van der Waals surface area contributed by atoms with Crippen LogP contribution in [-0.4, -0.2) is 25.5 Å². The van der Waals surface area contributed by atoms with Crippen LogP contribution in [0.3, 0.4) is 0 Å². The Kier molecular flexibility index (Phi) is 3.32. The molecule has 0 saturated heterocycles. The smallest absolute Gasteiger partial charge is 0.276 e. The Balaban J connectivity index is 1.59. The monoisotopic (exact) mass is 321 g/mol. The largest absolute Gasteiger partial charge is 0.295 e. The highest BCUT2D eigenvalue weighted by Gasteiger charge is 2.13. The number of imidazole rings is 1. The SMILES string of the molecule is O=C(Nc1nn2cc(-c3ccccc3)nc2s1)c1ccccn1. The highest BCUT2D eigenvalue weighted by Crippen LogP contribution is 2.24. The predicted molar refractivity (Wildman–Crippen MR) is 88.5 cm³/mol. The molecule has 4 rings (SSSR count). The lowest BCUT2D eigenvalue weighted by Crippen LogP contribution is -2.13. The van der Waals surface area contributed by atoms with Crippen molar-refractivity contribution in [2.45, 2.75) is 0 Å². The van der Waals surface area contributed by atoms with Crippen molar-refractivity contribution in [3.63, 3.8) is 0 Å². The van der Waals surface area contributed by atoms with Crippen molar-refractivity contribution in [2.75, 3.05) is 5.32 Å². The number of hydrogen-bond donors (Lipinski definition) is 1. The number of rotatable bonds is 3. The Morgan fingerprint density at radius 2 is 1.91 bits per heavy atom. The normalized spacial score (nSPS) is 10.8. The summed E-state index contributed by atoms with van der Waals surface area (Å²) in [4.78, 5) is 21.3. The van der Waals surface area contributed by atoms with E-state index in [4.69, 9.17) is 0 Å². The van der Waals surface area contributed by atoms with E-state index in [2.05, 4.69) is 20.4 Å². The topological polar surface area (TPSA) is 72.2 Å². The molecule has 1 amide bonds. The van der Waals surface area contributed by atoms with Gasteiger partial charge in [0.25, 0.3) is 5.91 Å². The second-order valence-corrected chi connectivity index (χ2v) is 5.75. The molecule has 0 saturated carbocycles. The molecule has 3 heterocycles. The Bertz CT molecular complexity index is 930.